The van der Waals surface area contributed by atoms with Crippen molar-refractivity contribution in [2.24, 2.45) is 5.92 Å². The fourth-order valence-corrected chi connectivity index (χ4v) is 4.28. The number of hydrogen-bond acceptors (Lipinski definition) is 3. The van der Waals surface area contributed by atoms with Gasteiger partial charge in [0.1, 0.15) is 5.82 Å². The normalized spacial score (nSPS) is 18.3. The summed E-state index contributed by atoms with van der Waals surface area (Å²) in [4.78, 5) is 3.75. The van der Waals surface area contributed by atoms with Crippen molar-refractivity contribution in [1.29, 1.82) is 5.26 Å². The van der Waals surface area contributed by atoms with Gasteiger partial charge in [-0.25, -0.2) is 8.60 Å². The summed E-state index contributed by atoms with van der Waals surface area (Å²) in [5.41, 5.74) is 1.50. The fraction of sp³-hybridized carbons (Fsp3) is 0.389. The average Bonchev–Trinajstić information content (AvgIpc) is 2.99. The number of halogens is 1. The van der Waals surface area contributed by atoms with Crippen LogP contribution in [0.25, 0.3) is 0 Å². The molecule has 0 radical (unpaired) electrons. The molecule has 3 N–H and O–H groups in total. The summed E-state index contributed by atoms with van der Waals surface area (Å²) in [6, 6.07) is 5.86. The number of benzene rings is 1. The molecule has 1 aromatic carbocycles. The van der Waals surface area contributed by atoms with Crippen LogP contribution < -0.4 is 4.72 Å². The topological polar surface area (TPSA) is 88.9 Å². The number of fused-ring (bicyclic) bond motifs is 1. The van der Waals surface area contributed by atoms with Crippen LogP contribution >= 0.6 is 0 Å². The molecule has 2 atom stereocenters. The zero-order valence-corrected chi connectivity index (χ0v) is 14.9. The maximum atomic E-state index is 14.0. The van der Waals surface area contributed by atoms with Crippen molar-refractivity contribution in [2.75, 3.05) is 4.72 Å². The van der Waals surface area contributed by atoms with Gasteiger partial charge in [0.05, 0.1) is 27.8 Å². The van der Waals surface area contributed by atoms with Crippen LogP contribution in [0.15, 0.2) is 29.3 Å². The van der Waals surface area contributed by atoms with Crippen LogP contribution in [0.3, 0.4) is 0 Å². The van der Waals surface area contributed by atoms with Crippen molar-refractivity contribution in [3.05, 3.63) is 47.0 Å². The van der Waals surface area contributed by atoms with Crippen LogP contribution in [0.2, 0.25) is 0 Å². The Kier molecular flexibility index (Phi) is 4.67. The van der Waals surface area contributed by atoms with Crippen LogP contribution in [0.5, 0.6) is 0 Å². The molecule has 0 fully saturated rings. The van der Waals surface area contributed by atoms with Crippen LogP contribution in [0.1, 0.15) is 37.1 Å². The van der Waals surface area contributed by atoms with Gasteiger partial charge in [-0.15, -0.1) is 0 Å². The lowest BCUT2D eigenvalue weighted by Crippen LogP contribution is -2.35. The number of aromatic nitrogens is 1. The lowest BCUT2D eigenvalue weighted by molar-refractivity contribution is 0.0105. The molecule has 1 heterocycles. The highest BCUT2D eigenvalue weighted by molar-refractivity contribution is 7.86. The van der Waals surface area contributed by atoms with Gasteiger partial charge in [0.2, 0.25) is 0 Å². The summed E-state index contributed by atoms with van der Waals surface area (Å²) in [7, 11) is -1.61. The predicted molar refractivity (Wildman–Crippen MR) is 93.8 cm³/mol. The molecule has 0 saturated heterocycles. The molecule has 0 bridgehead atoms. The largest absolute Gasteiger partial charge is 0.390 e. The van der Waals surface area contributed by atoms with Gasteiger partial charge in [0, 0.05) is 11.9 Å². The smallest absolute Gasteiger partial charge is 0.152 e. The van der Waals surface area contributed by atoms with Crippen molar-refractivity contribution in [3.8, 4) is 6.07 Å². The third-order valence-electron chi connectivity index (χ3n) is 4.73. The van der Waals surface area contributed by atoms with Crippen molar-refractivity contribution < 1.29 is 13.7 Å². The molecular formula is C18H20FN3O2S. The Morgan fingerprint density at radius 2 is 2.24 bits per heavy atom. The average molecular weight is 361 g/mol. The molecule has 3 rings (SSSR count). The van der Waals surface area contributed by atoms with Gasteiger partial charge in [-0.3, -0.25) is 4.72 Å². The Morgan fingerprint density at radius 3 is 2.88 bits per heavy atom. The third-order valence-corrected chi connectivity index (χ3v) is 5.90. The Bertz CT molecular complexity index is 864. The van der Waals surface area contributed by atoms with Gasteiger partial charge >= 0.3 is 0 Å². The molecule has 132 valence electrons. The SMILES string of the molecule is CC(C)(O)C1CCc2c(S(=O)Nc3ccc(C#N)cc3F)c[nH]c2C1. The van der Waals surface area contributed by atoms with Crippen molar-refractivity contribution in [1.82, 2.24) is 4.98 Å². The highest BCUT2D eigenvalue weighted by Gasteiger charge is 2.32. The summed E-state index contributed by atoms with van der Waals surface area (Å²) in [5.74, 6) is -0.470. The second-order valence-electron chi connectivity index (χ2n) is 6.88. The highest BCUT2D eigenvalue weighted by atomic mass is 32.2. The Labute approximate surface area is 148 Å². The minimum atomic E-state index is -1.61. The predicted octanol–water partition coefficient (Wildman–Crippen LogP) is 3.04. The minimum absolute atomic E-state index is 0.0949. The van der Waals surface area contributed by atoms with Gasteiger partial charge in [-0.05, 0) is 62.8 Å². The van der Waals surface area contributed by atoms with Gasteiger partial charge in [-0.2, -0.15) is 5.26 Å². The van der Waals surface area contributed by atoms with Gasteiger partial charge in [-0.1, -0.05) is 0 Å². The number of aromatic amines is 1. The minimum Gasteiger partial charge on any atom is -0.390 e. The summed E-state index contributed by atoms with van der Waals surface area (Å²) in [6.07, 6.45) is 3.90. The molecule has 2 aromatic rings. The van der Waals surface area contributed by atoms with Gasteiger partial charge < -0.3 is 10.1 Å². The Balaban J connectivity index is 1.79. The third kappa shape index (κ3) is 3.60. The first-order valence-electron chi connectivity index (χ1n) is 8.09. The number of anilines is 1. The zero-order valence-electron chi connectivity index (χ0n) is 14.1. The molecule has 5 nitrogen and oxygen atoms in total. The summed E-state index contributed by atoms with van der Waals surface area (Å²) in [5, 5.41) is 19.0. The monoisotopic (exact) mass is 361 g/mol. The summed E-state index contributed by atoms with van der Waals surface area (Å²) >= 11 is 0. The number of H-pyrrole nitrogens is 1. The van der Waals surface area contributed by atoms with E-state index in [0.717, 1.165) is 23.7 Å². The van der Waals surface area contributed by atoms with E-state index in [1.54, 1.807) is 20.0 Å². The number of nitriles is 1. The number of nitrogens with one attached hydrogen (secondary N) is 2. The van der Waals surface area contributed by atoms with Crippen LogP contribution in [-0.4, -0.2) is 19.9 Å². The van der Waals surface area contributed by atoms with Gasteiger partial charge in [0.25, 0.3) is 0 Å². The zero-order chi connectivity index (χ0) is 18.2. The molecule has 0 amide bonds. The van der Waals surface area contributed by atoms with Crippen molar-refractivity contribution in [2.45, 2.75) is 43.6 Å². The van der Waals surface area contributed by atoms with E-state index in [1.165, 1.54) is 12.1 Å². The Hall–Kier alpha value is -2.17. The molecular weight excluding hydrogens is 341 g/mol. The molecule has 1 aromatic heterocycles. The quantitative estimate of drug-likeness (QED) is 0.782. The molecule has 0 saturated carbocycles. The van der Waals surface area contributed by atoms with E-state index in [4.69, 9.17) is 5.26 Å². The number of hydrogen-bond donors (Lipinski definition) is 3. The lowest BCUT2D eigenvalue weighted by Gasteiger charge is -2.32. The van der Waals surface area contributed by atoms with E-state index in [9.17, 15) is 13.7 Å². The standard InChI is InChI=1S/C18H20FN3O2S/c1-18(2,23)12-4-5-13-16(8-12)21-10-17(13)25(24)22-15-6-3-11(9-20)7-14(15)19/h3,6-7,10,12,21-23H,4-5,8H2,1-2H3. The molecule has 7 heteroatoms. The number of rotatable bonds is 4. The summed E-state index contributed by atoms with van der Waals surface area (Å²) < 4.78 is 29.3. The molecule has 25 heavy (non-hydrogen) atoms. The highest BCUT2D eigenvalue weighted by Crippen LogP contribution is 2.34. The van der Waals surface area contributed by atoms with Crippen LogP contribution in [-0.2, 0) is 23.8 Å². The second-order valence-corrected chi connectivity index (χ2v) is 8.06. The molecule has 0 aliphatic heterocycles. The first kappa shape index (κ1) is 17.6. The van der Waals surface area contributed by atoms with E-state index in [1.807, 2.05) is 6.07 Å². The fourth-order valence-electron chi connectivity index (χ4n) is 3.19. The Morgan fingerprint density at radius 1 is 1.48 bits per heavy atom. The van der Waals surface area contributed by atoms with E-state index in [-0.39, 0.29) is 17.2 Å². The van der Waals surface area contributed by atoms with E-state index >= 15 is 0 Å². The second kappa shape index (κ2) is 6.62. The molecule has 1 aliphatic carbocycles. The summed E-state index contributed by atoms with van der Waals surface area (Å²) in [6.45, 7) is 3.61. The van der Waals surface area contributed by atoms with Crippen LogP contribution in [0, 0.1) is 23.1 Å². The maximum Gasteiger partial charge on any atom is 0.152 e. The van der Waals surface area contributed by atoms with Crippen molar-refractivity contribution >= 4 is 16.7 Å². The maximum absolute atomic E-state index is 14.0. The molecule has 0 spiro atoms. The molecule has 1 aliphatic rings. The van der Waals surface area contributed by atoms with E-state index in [2.05, 4.69) is 9.71 Å². The van der Waals surface area contributed by atoms with Crippen molar-refractivity contribution in [3.63, 3.8) is 0 Å². The number of aliphatic hydroxyl groups is 1. The van der Waals surface area contributed by atoms with E-state index in [0.29, 0.717) is 17.7 Å². The van der Waals surface area contributed by atoms with E-state index < -0.39 is 22.4 Å². The number of nitrogens with zero attached hydrogens (tertiary/aromatic N) is 1. The molecule has 2 unspecified atom stereocenters. The lowest BCUT2D eigenvalue weighted by atomic mass is 9.78. The first-order valence-corrected chi connectivity index (χ1v) is 9.24. The van der Waals surface area contributed by atoms with Crippen LogP contribution in [0.4, 0.5) is 10.1 Å². The van der Waals surface area contributed by atoms with Gasteiger partial charge in [0.15, 0.2) is 11.0 Å². The first-order chi connectivity index (χ1) is 11.8.